The number of aromatic nitrogens is 4. The summed E-state index contributed by atoms with van der Waals surface area (Å²) in [4.78, 5) is 12.2. The third kappa shape index (κ3) is 3.48. The van der Waals surface area contributed by atoms with Gasteiger partial charge in [-0.3, -0.25) is 4.57 Å². The van der Waals surface area contributed by atoms with Crippen molar-refractivity contribution in [1.29, 1.82) is 0 Å². The van der Waals surface area contributed by atoms with Crippen LogP contribution in [0.15, 0.2) is 36.9 Å². The van der Waals surface area contributed by atoms with Crippen molar-refractivity contribution in [3.05, 3.63) is 48.3 Å². The molecule has 0 bridgehead atoms. The molecule has 27 heavy (non-hydrogen) atoms. The van der Waals surface area contributed by atoms with Crippen molar-refractivity contribution in [3.63, 3.8) is 0 Å². The summed E-state index contributed by atoms with van der Waals surface area (Å²) in [5.74, 6) is 1.07. The number of fused-ring (bicyclic) bond motifs is 1. The zero-order chi connectivity index (χ0) is 19.0. The van der Waals surface area contributed by atoms with E-state index in [-0.39, 0.29) is 11.6 Å². The van der Waals surface area contributed by atoms with Crippen LogP contribution in [-0.4, -0.2) is 53.8 Å². The van der Waals surface area contributed by atoms with Crippen molar-refractivity contribution in [3.8, 4) is 0 Å². The van der Waals surface area contributed by atoms with Crippen LogP contribution in [0.4, 0.5) is 10.2 Å². The highest BCUT2D eigenvalue weighted by Gasteiger charge is 2.44. The van der Waals surface area contributed by atoms with Crippen molar-refractivity contribution in [2.45, 2.75) is 30.3 Å². The Hall–Kier alpha value is -2.27. The summed E-state index contributed by atoms with van der Waals surface area (Å²) < 4.78 is 20.4. The van der Waals surface area contributed by atoms with Crippen LogP contribution in [-0.2, 0) is 10.5 Å². The minimum Gasteiger partial charge on any atom is -0.387 e. The van der Waals surface area contributed by atoms with Crippen molar-refractivity contribution >= 4 is 28.7 Å². The Labute approximate surface area is 158 Å². The minimum absolute atomic E-state index is 0.234. The number of imidazole rings is 1. The zero-order valence-corrected chi connectivity index (χ0v) is 15.0. The Kier molecular flexibility index (Phi) is 4.96. The molecular formula is C17H18FN5O3S. The van der Waals surface area contributed by atoms with Crippen LogP contribution >= 0.6 is 11.8 Å². The lowest BCUT2D eigenvalue weighted by Crippen LogP contribution is -2.32. The van der Waals surface area contributed by atoms with Gasteiger partial charge in [-0.1, -0.05) is 12.1 Å². The third-order valence-corrected chi connectivity index (χ3v) is 5.56. The van der Waals surface area contributed by atoms with Gasteiger partial charge in [0.1, 0.15) is 29.9 Å². The lowest BCUT2D eigenvalue weighted by Gasteiger charge is -2.16. The molecule has 1 aliphatic heterocycles. The highest BCUT2D eigenvalue weighted by Crippen LogP contribution is 2.33. The van der Waals surface area contributed by atoms with E-state index in [1.807, 2.05) is 0 Å². The SMILES string of the molecule is Nc1ncnc2c1ncn2[C@H]1O[C@@H](CSCc2ccc(F)cc2)[C@H](O)[C@H]1O. The maximum Gasteiger partial charge on any atom is 0.167 e. The molecule has 3 aromatic rings. The summed E-state index contributed by atoms with van der Waals surface area (Å²) in [5, 5.41) is 20.8. The summed E-state index contributed by atoms with van der Waals surface area (Å²) in [5.41, 5.74) is 7.60. The lowest BCUT2D eigenvalue weighted by molar-refractivity contribution is -0.0289. The molecule has 10 heteroatoms. The van der Waals surface area contributed by atoms with E-state index in [0.717, 1.165) is 5.56 Å². The van der Waals surface area contributed by atoms with E-state index in [1.54, 1.807) is 16.7 Å². The molecule has 0 amide bonds. The number of rotatable bonds is 5. The summed E-state index contributed by atoms with van der Waals surface area (Å²) in [6.45, 7) is 0. The van der Waals surface area contributed by atoms with E-state index in [9.17, 15) is 14.6 Å². The average Bonchev–Trinajstić information content (AvgIpc) is 3.21. The van der Waals surface area contributed by atoms with Gasteiger partial charge in [0.2, 0.25) is 0 Å². The number of thioether (sulfide) groups is 1. The molecule has 1 aliphatic rings. The fraction of sp³-hybridized carbons (Fsp3) is 0.353. The summed E-state index contributed by atoms with van der Waals surface area (Å²) in [6.07, 6.45) is -0.793. The molecule has 8 nitrogen and oxygen atoms in total. The van der Waals surface area contributed by atoms with Gasteiger partial charge in [-0.2, -0.15) is 11.8 Å². The normalized spacial score (nSPS) is 25.3. The molecule has 1 aromatic carbocycles. The molecule has 4 rings (SSSR count). The number of nitrogens with two attached hydrogens (primary N) is 1. The molecule has 0 unspecified atom stereocenters. The number of hydrogen-bond acceptors (Lipinski definition) is 8. The molecule has 3 heterocycles. The summed E-state index contributed by atoms with van der Waals surface area (Å²) in [6, 6.07) is 6.25. The quantitative estimate of drug-likeness (QED) is 0.592. The number of halogens is 1. The van der Waals surface area contributed by atoms with E-state index in [2.05, 4.69) is 15.0 Å². The molecule has 2 aromatic heterocycles. The molecular weight excluding hydrogens is 373 g/mol. The number of ether oxygens (including phenoxy) is 1. The van der Waals surface area contributed by atoms with Crippen LogP contribution < -0.4 is 5.73 Å². The fourth-order valence-corrected chi connectivity index (χ4v) is 4.08. The second kappa shape index (κ2) is 7.39. The molecule has 1 fully saturated rings. The topological polar surface area (TPSA) is 119 Å². The molecule has 142 valence electrons. The molecule has 0 radical (unpaired) electrons. The lowest BCUT2D eigenvalue weighted by atomic mass is 10.1. The molecule has 0 spiro atoms. The van der Waals surface area contributed by atoms with Gasteiger partial charge < -0.3 is 20.7 Å². The van der Waals surface area contributed by atoms with Gasteiger partial charge in [-0.15, -0.1) is 0 Å². The van der Waals surface area contributed by atoms with E-state index < -0.39 is 24.5 Å². The second-order valence-corrected chi connectivity index (χ2v) is 7.30. The number of aliphatic hydroxyl groups is 2. The van der Waals surface area contributed by atoms with Gasteiger partial charge in [0.25, 0.3) is 0 Å². The fourth-order valence-electron chi connectivity index (χ4n) is 3.03. The van der Waals surface area contributed by atoms with Crippen LogP contribution in [0, 0.1) is 5.82 Å². The van der Waals surface area contributed by atoms with Crippen LogP contribution in [0.3, 0.4) is 0 Å². The zero-order valence-electron chi connectivity index (χ0n) is 14.1. The van der Waals surface area contributed by atoms with E-state index in [1.165, 1.54) is 36.5 Å². The minimum atomic E-state index is -1.13. The Morgan fingerprint density at radius 2 is 1.93 bits per heavy atom. The van der Waals surface area contributed by atoms with E-state index in [4.69, 9.17) is 10.5 Å². The Balaban J connectivity index is 1.44. The summed E-state index contributed by atoms with van der Waals surface area (Å²) >= 11 is 1.53. The van der Waals surface area contributed by atoms with Crippen LogP contribution in [0.1, 0.15) is 11.8 Å². The number of aliphatic hydroxyl groups excluding tert-OH is 2. The average molecular weight is 391 g/mol. The maximum absolute atomic E-state index is 13.0. The standard InChI is InChI=1S/C17H18FN5O3S/c18-10-3-1-9(2-4-10)5-27-6-11-13(24)14(25)17(26-11)23-8-22-12-15(19)20-7-21-16(12)23/h1-4,7-8,11,13-14,17,24-25H,5-6H2,(H2,19,20,21)/t11-,13-,14+,17-/m0/s1. The first kappa shape index (κ1) is 18.1. The first-order chi connectivity index (χ1) is 13.0. The molecule has 4 N–H and O–H groups in total. The molecule has 4 atom stereocenters. The van der Waals surface area contributed by atoms with Gasteiger partial charge in [0.15, 0.2) is 17.7 Å². The predicted octanol–water partition coefficient (Wildman–Crippen LogP) is 1.10. The first-order valence-electron chi connectivity index (χ1n) is 8.31. The van der Waals surface area contributed by atoms with Crippen LogP contribution in [0.2, 0.25) is 0 Å². The Morgan fingerprint density at radius 1 is 1.15 bits per heavy atom. The van der Waals surface area contributed by atoms with Gasteiger partial charge in [0.05, 0.1) is 12.4 Å². The predicted molar refractivity (Wildman–Crippen MR) is 98.2 cm³/mol. The maximum atomic E-state index is 13.0. The highest BCUT2D eigenvalue weighted by atomic mass is 32.2. The van der Waals surface area contributed by atoms with Gasteiger partial charge in [0, 0.05) is 11.5 Å². The molecule has 1 saturated heterocycles. The van der Waals surface area contributed by atoms with Crippen molar-refractivity contribution in [1.82, 2.24) is 19.5 Å². The Bertz CT molecular complexity index is 938. The number of nitrogens with zero attached hydrogens (tertiary/aromatic N) is 4. The van der Waals surface area contributed by atoms with Gasteiger partial charge in [-0.25, -0.2) is 19.3 Å². The molecule has 0 saturated carbocycles. The Morgan fingerprint density at radius 3 is 2.70 bits per heavy atom. The van der Waals surface area contributed by atoms with Crippen molar-refractivity contribution in [2.24, 2.45) is 0 Å². The molecule has 0 aliphatic carbocycles. The van der Waals surface area contributed by atoms with E-state index in [0.29, 0.717) is 22.7 Å². The monoisotopic (exact) mass is 391 g/mol. The largest absolute Gasteiger partial charge is 0.387 e. The van der Waals surface area contributed by atoms with Gasteiger partial charge in [-0.05, 0) is 17.7 Å². The van der Waals surface area contributed by atoms with Crippen molar-refractivity contribution in [2.75, 3.05) is 11.5 Å². The van der Waals surface area contributed by atoms with Crippen LogP contribution in [0.5, 0.6) is 0 Å². The smallest absolute Gasteiger partial charge is 0.167 e. The number of hydrogen-bond donors (Lipinski definition) is 3. The summed E-state index contributed by atoms with van der Waals surface area (Å²) in [7, 11) is 0. The first-order valence-corrected chi connectivity index (χ1v) is 9.47. The third-order valence-electron chi connectivity index (χ3n) is 4.46. The number of benzene rings is 1. The van der Waals surface area contributed by atoms with E-state index >= 15 is 0 Å². The van der Waals surface area contributed by atoms with Gasteiger partial charge >= 0.3 is 0 Å². The van der Waals surface area contributed by atoms with Crippen molar-refractivity contribution < 1.29 is 19.3 Å². The number of anilines is 1. The number of nitrogen functional groups attached to an aromatic ring is 1. The highest BCUT2D eigenvalue weighted by molar-refractivity contribution is 7.98. The second-order valence-electron chi connectivity index (χ2n) is 6.27. The van der Waals surface area contributed by atoms with Crippen LogP contribution in [0.25, 0.3) is 11.2 Å².